The first-order chi connectivity index (χ1) is 17.1. The second-order valence-electron chi connectivity index (χ2n) is 10.0. The predicted molar refractivity (Wildman–Crippen MR) is 137 cm³/mol. The number of ether oxygens (including phenoxy) is 2. The van der Waals surface area contributed by atoms with Crippen LogP contribution in [0, 0.1) is 11.7 Å². The topological polar surface area (TPSA) is 114 Å². The molecule has 186 valence electrons. The van der Waals surface area contributed by atoms with Crippen LogP contribution in [0.3, 0.4) is 0 Å². The van der Waals surface area contributed by atoms with Gasteiger partial charge in [-0.3, -0.25) is 0 Å². The summed E-state index contributed by atoms with van der Waals surface area (Å²) in [4.78, 5) is 12.8. The Kier molecular flexibility index (Phi) is 5.22. The zero-order valence-electron chi connectivity index (χ0n) is 20.1. The molecule has 6 rings (SSSR count). The number of fused-ring (bicyclic) bond motifs is 3. The molecule has 1 unspecified atom stereocenters. The molecule has 4 heterocycles. The molecular weight excluding hydrogens is 483 g/mol. The van der Waals surface area contributed by atoms with E-state index in [1.54, 1.807) is 0 Å². The Morgan fingerprint density at radius 2 is 1.94 bits per heavy atom. The zero-order valence-corrected chi connectivity index (χ0v) is 20.8. The smallest absolute Gasteiger partial charge is 0.164 e. The molecule has 1 aliphatic heterocycles. The fourth-order valence-electron chi connectivity index (χ4n) is 5.46. The first-order valence-electron chi connectivity index (χ1n) is 11.8. The van der Waals surface area contributed by atoms with E-state index in [-0.39, 0.29) is 40.8 Å². The summed E-state index contributed by atoms with van der Waals surface area (Å²) in [5, 5.41) is 1.38. The maximum absolute atomic E-state index is 14.9. The SMILES string of the molecule is CC(Cc1cc(F)c2cc(Cl)c(N)nc2c1)C1=C[C@@H](n2ccc3c(N)ncnc32)[C@@H]2OC(C)(C)O[C@H]12. The van der Waals surface area contributed by atoms with Crippen LogP contribution in [0.25, 0.3) is 21.9 Å². The van der Waals surface area contributed by atoms with Gasteiger partial charge in [0.1, 0.15) is 41.6 Å². The van der Waals surface area contributed by atoms with E-state index in [2.05, 4.69) is 32.5 Å². The summed E-state index contributed by atoms with van der Waals surface area (Å²) in [6.45, 7) is 5.94. The zero-order chi connectivity index (χ0) is 25.4. The lowest BCUT2D eigenvalue weighted by Gasteiger charge is -2.22. The van der Waals surface area contributed by atoms with Gasteiger partial charge in [-0.25, -0.2) is 19.3 Å². The van der Waals surface area contributed by atoms with Gasteiger partial charge in [-0.05, 0) is 61.6 Å². The van der Waals surface area contributed by atoms with E-state index in [9.17, 15) is 4.39 Å². The van der Waals surface area contributed by atoms with Crippen molar-refractivity contribution in [3.63, 3.8) is 0 Å². The normalized spacial score (nSPS) is 23.8. The highest BCUT2D eigenvalue weighted by Crippen LogP contribution is 2.46. The van der Waals surface area contributed by atoms with Crippen molar-refractivity contribution < 1.29 is 13.9 Å². The maximum atomic E-state index is 14.9. The van der Waals surface area contributed by atoms with Crippen molar-refractivity contribution >= 4 is 45.2 Å². The molecule has 1 saturated heterocycles. The Balaban J connectivity index is 1.36. The minimum atomic E-state index is -0.737. The molecule has 10 heteroatoms. The van der Waals surface area contributed by atoms with E-state index >= 15 is 0 Å². The number of anilines is 2. The van der Waals surface area contributed by atoms with Crippen molar-refractivity contribution in [1.29, 1.82) is 0 Å². The second-order valence-corrected chi connectivity index (χ2v) is 10.4. The van der Waals surface area contributed by atoms with Crippen molar-refractivity contribution in [2.75, 3.05) is 11.5 Å². The van der Waals surface area contributed by atoms with E-state index < -0.39 is 5.79 Å². The van der Waals surface area contributed by atoms with Gasteiger partial charge in [0.25, 0.3) is 0 Å². The lowest BCUT2D eigenvalue weighted by Crippen LogP contribution is -2.28. The molecule has 1 fully saturated rings. The Morgan fingerprint density at radius 1 is 1.14 bits per heavy atom. The highest BCUT2D eigenvalue weighted by Gasteiger charge is 2.51. The molecule has 0 spiro atoms. The third-order valence-electron chi connectivity index (χ3n) is 7.05. The van der Waals surface area contributed by atoms with Crippen LogP contribution in [0.15, 0.2) is 48.4 Å². The predicted octanol–water partition coefficient (Wildman–Crippen LogP) is 4.82. The summed E-state index contributed by atoms with van der Waals surface area (Å²) in [6.07, 6.45) is 5.71. The van der Waals surface area contributed by atoms with Crippen LogP contribution in [-0.2, 0) is 15.9 Å². The molecule has 8 nitrogen and oxygen atoms in total. The van der Waals surface area contributed by atoms with Crippen molar-refractivity contribution in [3.8, 4) is 0 Å². The van der Waals surface area contributed by atoms with Crippen molar-refractivity contribution in [2.45, 2.75) is 51.2 Å². The maximum Gasteiger partial charge on any atom is 0.164 e. The summed E-state index contributed by atoms with van der Waals surface area (Å²) in [5.74, 6) is -0.454. The standard InChI is InChI=1S/C26H26ClFN6O2/c1-12(6-13-7-18(28)16-9-17(27)24(30)33-19(16)8-13)15-10-20(22-21(15)35-26(2,3)36-22)34-5-4-14-23(29)31-11-32-25(14)34/h4-5,7-12,20-22H,6H2,1-3H3,(H2,30,33)(H2,29,31,32)/t12?,20-,21-,22+/m1/s1. The molecule has 0 bridgehead atoms. The lowest BCUT2D eigenvalue weighted by molar-refractivity contribution is -0.148. The number of aromatic nitrogens is 4. The molecule has 0 saturated carbocycles. The van der Waals surface area contributed by atoms with Crippen molar-refractivity contribution in [2.24, 2.45) is 5.92 Å². The van der Waals surface area contributed by atoms with Crippen LogP contribution in [0.4, 0.5) is 16.0 Å². The molecule has 0 amide bonds. The van der Waals surface area contributed by atoms with Crippen LogP contribution in [0.1, 0.15) is 32.4 Å². The van der Waals surface area contributed by atoms with Gasteiger partial charge in [0.15, 0.2) is 5.79 Å². The van der Waals surface area contributed by atoms with Crippen LogP contribution in [-0.4, -0.2) is 37.5 Å². The highest BCUT2D eigenvalue weighted by atomic mass is 35.5. The first-order valence-corrected chi connectivity index (χ1v) is 12.2. The van der Waals surface area contributed by atoms with Gasteiger partial charge in [0.05, 0.1) is 22.0 Å². The van der Waals surface area contributed by atoms with Gasteiger partial charge >= 0.3 is 0 Å². The summed E-state index contributed by atoms with van der Waals surface area (Å²) in [7, 11) is 0. The summed E-state index contributed by atoms with van der Waals surface area (Å²) in [6, 6.07) is 6.69. The van der Waals surface area contributed by atoms with Gasteiger partial charge < -0.3 is 25.5 Å². The second kappa shape index (κ2) is 8.12. The van der Waals surface area contributed by atoms with Gasteiger partial charge in [0.2, 0.25) is 0 Å². The van der Waals surface area contributed by atoms with E-state index in [1.807, 2.05) is 32.2 Å². The van der Waals surface area contributed by atoms with Crippen LogP contribution >= 0.6 is 11.6 Å². The third kappa shape index (κ3) is 3.70. The van der Waals surface area contributed by atoms with E-state index in [1.165, 1.54) is 18.5 Å². The molecule has 4 atom stereocenters. The average molecular weight is 509 g/mol. The van der Waals surface area contributed by atoms with E-state index in [4.69, 9.17) is 32.5 Å². The van der Waals surface area contributed by atoms with Gasteiger partial charge in [0, 0.05) is 11.6 Å². The van der Waals surface area contributed by atoms with Crippen molar-refractivity contribution in [3.05, 3.63) is 64.8 Å². The number of rotatable bonds is 4. The number of pyridine rings is 1. The molecule has 4 aromatic rings. The number of hydrogen-bond acceptors (Lipinski definition) is 7. The minimum absolute atomic E-state index is 0.0445. The summed E-state index contributed by atoms with van der Waals surface area (Å²) < 4.78 is 29.7. The van der Waals surface area contributed by atoms with E-state index in [0.29, 0.717) is 23.1 Å². The van der Waals surface area contributed by atoms with Gasteiger partial charge in [-0.1, -0.05) is 24.6 Å². The first kappa shape index (κ1) is 23.1. The number of halogens is 2. The van der Waals surface area contributed by atoms with Gasteiger partial charge in [-0.2, -0.15) is 0 Å². The third-order valence-corrected chi connectivity index (χ3v) is 7.36. The number of nitrogens with two attached hydrogens (primary N) is 2. The number of benzene rings is 1. The Labute approximate surface area is 212 Å². The lowest BCUT2D eigenvalue weighted by atomic mass is 9.91. The minimum Gasteiger partial charge on any atom is -0.383 e. The molecule has 4 N–H and O–H groups in total. The quantitative estimate of drug-likeness (QED) is 0.380. The molecule has 0 radical (unpaired) electrons. The van der Waals surface area contributed by atoms with Crippen LogP contribution in [0.5, 0.6) is 0 Å². The summed E-state index contributed by atoms with van der Waals surface area (Å²) in [5.41, 5.74) is 15.1. The number of nitrogens with zero attached hydrogens (tertiary/aromatic N) is 4. The Hall–Kier alpha value is -3.27. The van der Waals surface area contributed by atoms with E-state index in [0.717, 1.165) is 22.2 Å². The van der Waals surface area contributed by atoms with Crippen molar-refractivity contribution in [1.82, 2.24) is 19.5 Å². The molecule has 1 aromatic carbocycles. The fraction of sp³-hybridized carbons (Fsp3) is 0.346. The molecule has 3 aromatic heterocycles. The van der Waals surface area contributed by atoms with Gasteiger partial charge in [-0.15, -0.1) is 0 Å². The average Bonchev–Trinajstić information content (AvgIpc) is 3.46. The Bertz CT molecular complexity index is 1550. The molecule has 1 aliphatic carbocycles. The molecule has 36 heavy (non-hydrogen) atoms. The monoisotopic (exact) mass is 508 g/mol. The fourth-order valence-corrected chi connectivity index (χ4v) is 5.62. The van der Waals surface area contributed by atoms with Crippen LogP contribution in [0.2, 0.25) is 5.02 Å². The number of hydrogen-bond donors (Lipinski definition) is 2. The Morgan fingerprint density at radius 3 is 2.75 bits per heavy atom. The largest absolute Gasteiger partial charge is 0.383 e. The number of nitrogen functional groups attached to an aromatic ring is 2. The van der Waals surface area contributed by atoms with Crippen LogP contribution < -0.4 is 11.5 Å². The molecular formula is C26H26ClFN6O2. The summed E-state index contributed by atoms with van der Waals surface area (Å²) >= 11 is 6.04. The highest BCUT2D eigenvalue weighted by molar-refractivity contribution is 6.33. The molecule has 2 aliphatic rings.